The fourth-order valence-electron chi connectivity index (χ4n) is 1.84. The number of amides is 1. The quantitative estimate of drug-likeness (QED) is 0.616. The minimum atomic E-state index is -0.569. The molecule has 1 unspecified atom stereocenters. The summed E-state index contributed by atoms with van der Waals surface area (Å²) < 4.78 is 10.5. The zero-order valence-corrected chi connectivity index (χ0v) is 12.0. The maximum Gasteiger partial charge on any atom is 0.411 e. The van der Waals surface area contributed by atoms with Crippen molar-refractivity contribution >= 4 is 12.1 Å². The van der Waals surface area contributed by atoms with E-state index in [0.29, 0.717) is 18.7 Å². The van der Waals surface area contributed by atoms with Gasteiger partial charge in [0, 0.05) is 6.54 Å². The molecular weight excluding hydrogens is 258 g/mol. The van der Waals surface area contributed by atoms with Crippen molar-refractivity contribution in [2.45, 2.75) is 38.8 Å². The summed E-state index contributed by atoms with van der Waals surface area (Å²) in [5.74, 6) is 0.0573. The second-order valence-electron chi connectivity index (χ2n) is 5.71. The van der Waals surface area contributed by atoms with E-state index in [1.54, 1.807) is 45.0 Å². The van der Waals surface area contributed by atoms with Crippen LogP contribution in [0.3, 0.4) is 0 Å². The van der Waals surface area contributed by atoms with Crippen molar-refractivity contribution in [2.75, 3.05) is 6.54 Å². The number of hydrogen-bond donors (Lipinski definition) is 0. The normalized spacial score (nSPS) is 18.1. The van der Waals surface area contributed by atoms with Crippen molar-refractivity contribution in [3.8, 4) is 5.75 Å². The molecule has 1 saturated heterocycles. The van der Waals surface area contributed by atoms with Crippen LogP contribution in [-0.4, -0.2) is 35.2 Å². The van der Waals surface area contributed by atoms with E-state index in [9.17, 15) is 9.59 Å². The molecule has 1 heterocycles. The standard InChI is InChI=1S/C15H19NO4/c1-15(2,3)20-14(18)16-10-9-12(16)13(17)19-11-7-5-4-6-8-11/h4-8,12H,9-10H2,1-3H3. The highest BCUT2D eigenvalue weighted by Gasteiger charge is 2.41. The van der Waals surface area contributed by atoms with E-state index < -0.39 is 23.7 Å². The Kier molecular flexibility index (Phi) is 3.97. The molecule has 1 aliphatic rings. The zero-order valence-electron chi connectivity index (χ0n) is 12.0. The van der Waals surface area contributed by atoms with Crippen molar-refractivity contribution in [1.82, 2.24) is 4.90 Å². The summed E-state index contributed by atoms with van der Waals surface area (Å²) >= 11 is 0. The molecule has 0 aliphatic carbocycles. The lowest BCUT2D eigenvalue weighted by Gasteiger charge is -2.39. The lowest BCUT2D eigenvalue weighted by atomic mass is 10.0. The molecule has 1 atom stereocenters. The molecule has 1 amide bonds. The lowest BCUT2D eigenvalue weighted by molar-refractivity contribution is -0.144. The van der Waals surface area contributed by atoms with Gasteiger partial charge in [-0.2, -0.15) is 0 Å². The number of nitrogens with zero attached hydrogens (tertiary/aromatic N) is 1. The first-order valence-corrected chi connectivity index (χ1v) is 6.63. The Morgan fingerprint density at radius 2 is 1.85 bits per heavy atom. The van der Waals surface area contributed by atoms with Crippen LogP contribution in [0.1, 0.15) is 27.2 Å². The van der Waals surface area contributed by atoms with Crippen molar-refractivity contribution in [2.24, 2.45) is 0 Å². The van der Waals surface area contributed by atoms with Gasteiger partial charge in [-0.3, -0.25) is 4.90 Å². The fraction of sp³-hybridized carbons (Fsp3) is 0.467. The second kappa shape index (κ2) is 5.53. The Labute approximate surface area is 118 Å². The molecule has 0 spiro atoms. The second-order valence-corrected chi connectivity index (χ2v) is 5.71. The van der Waals surface area contributed by atoms with Crippen LogP contribution in [0.15, 0.2) is 30.3 Å². The average Bonchev–Trinajstić information content (AvgIpc) is 2.25. The van der Waals surface area contributed by atoms with Gasteiger partial charge in [-0.05, 0) is 39.3 Å². The predicted octanol–water partition coefficient (Wildman–Crippen LogP) is 2.60. The summed E-state index contributed by atoms with van der Waals surface area (Å²) in [6.07, 6.45) is 0.129. The van der Waals surface area contributed by atoms with E-state index >= 15 is 0 Å². The molecule has 0 aromatic heterocycles. The number of benzene rings is 1. The summed E-state index contributed by atoms with van der Waals surface area (Å²) in [6.45, 7) is 5.90. The maximum absolute atomic E-state index is 12.0. The first-order chi connectivity index (χ1) is 9.37. The van der Waals surface area contributed by atoms with Crippen LogP contribution in [0.5, 0.6) is 5.75 Å². The monoisotopic (exact) mass is 277 g/mol. The molecule has 108 valence electrons. The van der Waals surface area contributed by atoms with E-state index in [1.807, 2.05) is 6.07 Å². The Bertz CT molecular complexity index is 492. The van der Waals surface area contributed by atoms with Crippen LogP contribution in [0, 0.1) is 0 Å². The first kappa shape index (κ1) is 14.4. The SMILES string of the molecule is CC(C)(C)OC(=O)N1CCC1C(=O)Oc1ccccc1. The van der Waals surface area contributed by atoms with Gasteiger partial charge in [0.1, 0.15) is 17.4 Å². The topological polar surface area (TPSA) is 55.8 Å². The molecule has 1 aromatic rings. The summed E-state index contributed by atoms with van der Waals surface area (Å²) in [6, 6.07) is 8.27. The van der Waals surface area contributed by atoms with Gasteiger partial charge < -0.3 is 9.47 Å². The molecule has 5 heteroatoms. The largest absolute Gasteiger partial charge is 0.444 e. The average molecular weight is 277 g/mol. The third-order valence-electron chi connectivity index (χ3n) is 2.88. The molecule has 1 aromatic carbocycles. The van der Waals surface area contributed by atoms with Crippen LogP contribution >= 0.6 is 0 Å². The Balaban J connectivity index is 1.93. The first-order valence-electron chi connectivity index (χ1n) is 6.63. The van der Waals surface area contributed by atoms with Crippen LogP contribution in [0.25, 0.3) is 0 Å². The highest BCUT2D eigenvalue weighted by atomic mass is 16.6. The maximum atomic E-state index is 12.0. The summed E-state index contributed by atoms with van der Waals surface area (Å²) in [4.78, 5) is 25.3. The van der Waals surface area contributed by atoms with Crippen molar-refractivity contribution < 1.29 is 19.1 Å². The fourth-order valence-corrected chi connectivity index (χ4v) is 1.84. The number of ether oxygens (including phenoxy) is 2. The van der Waals surface area contributed by atoms with E-state index in [-0.39, 0.29) is 0 Å². The van der Waals surface area contributed by atoms with E-state index in [1.165, 1.54) is 4.90 Å². The Morgan fingerprint density at radius 3 is 2.35 bits per heavy atom. The highest BCUT2D eigenvalue weighted by Crippen LogP contribution is 2.23. The number of esters is 1. The summed E-state index contributed by atoms with van der Waals surface area (Å²) in [5.41, 5.74) is -0.569. The molecule has 1 fully saturated rings. The zero-order chi connectivity index (χ0) is 14.8. The molecule has 0 radical (unpaired) electrons. The number of carbonyl (C=O) groups excluding carboxylic acids is 2. The van der Waals surface area contributed by atoms with Gasteiger partial charge in [-0.25, -0.2) is 9.59 Å². The van der Waals surface area contributed by atoms with Gasteiger partial charge in [0.25, 0.3) is 0 Å². The van der Waals surface area contributed by atoms with Crippen molar-refractivity contribution in [3.05, 3.63) is 30.3 Å². The molecule has 0 N–H and O–H groups in total. The van der Waals surface area contributed by atoms with E-state index in [0.717, 1.165) is 0 Å². The lowest BCUT2D eigenvalue weighted by Crippen LogP contribution is -2.57. The van der Waals surface area contributed by atoms with Gasteiger partial charge in [0.05, 0.1) is 0 Å². The molecule has 1 aliphatic heterocycles. The minimum Gasteiger partial charge on any atom is -0.444 e. The molecule has 20 heavy (non-hydrogen) atoms. The van der Waals surface area contributed by atoms with Gasteiger partial charge in [-0.1, -0.05) is 18.2 Å². The predicted molar refractivity (Wildman–Crippen MR) is 73.4 cm³/mol. The minimum absolute atomic E-state index is 0.423. The van der Waals surface area contributed by atoms with E-state index in [2.05, 4.69) is 0 Å². The number of likely N-dealkylation sites (tertiary alicyclic amines) is 1. The highest BCUT2D eigenvalue weighted by molar-refractivity contribution is 5.84. The number of para-hydroxylation sites is 1. The van der Waals surface area contributed by atoms with Crippen molar-refractivity contribution in [3.63, 3.8) is 0 Å². The Hall–Kier alpha value is -2.04. The van der Waals surface area contributed by atoms with Gasteiger partial charge >= 0.3 is 12.1 Å². The molecule has 2 rings (SSSR count). The number of rotatable bonds is 2. The van der Waals surface area contributed by atoms with Crippen LogP contribution in [0.4, 0.5) is 4.79 Å². The third-order valence-corrected chi connectivity index (χ3v) is 2.88. The molecule has 0 saturated carbocycles. The number of carbonyl (C=O) groups is 2. The number of hydrogen-bond acceptors (Lipinski definition) is 4. The van der Waals surface area contributed by atoms with Gasteiger partial charge in [-0.15, -0.1) is 0 Å². The van der Waals surface area contributed by atoms with Crippen molar-refractivity contribution in [1.29, 1.82) is 0 Å². The summed E-state index contributed by atoms with van der Waals surface area (Å²) in [5, 5.41) is 0. The van der Waals surface area contributed by atoms with E-state index in [4.69, 9.17) is 9.47 Å². The Morgan fingerprint density at radius 1 is 1.20 bits per heavy atom. The van der Waals surface area contributed by atoms with Gasteiger partial charge in [0.2, 0.25) is 0 Å². The third kappa shape index (κ3) is 3.50. The van der Waals surface area contributed by atoms with Gasteiger partial charge in [0.15, 0.2) is 0 Å². The van der Waals surface area contributed by atoms with Crippen LogP contribution in [-0.2, 0) is 9.53 Å². The molecular formula is C15H19NO4. The summed E-state index contributed by atoms with van der Waals surface area (Å²) in [7, 11) is 0. The van der Waals surface area contributed by atoms with Crippen LogP contribution in [0.2, 0.25) is 0 Å². The molecule has 0 bridgehead atoms. The smallest absolute Gasteiger partial charge is 0.411 e. The molecule has 5 nitrogen and oxygen atoms in total. The van der Waals surface area contributed by atoms with Crippen LogP contribution < -0.4 is 4.74 Å².